The zero-order valence-corrected chi connectivity index (χ0v) is 22.6. The average molecular weight is 543 g/mol. The van der Waals surface area contributed by atoms with E-state index >= 15 is 0 Å². The molecule has 0 bridgehead atoms. The second kappa shape index (κ2) is 12.0. The van der Waals surface area contributed by atoms with Gasteiger partial charge in [-0.3, -0.25) is 14.5 Å². The Labute approximate surface area is 220 Å². The summed E-state index contributed by atoms with van der Waals surface area (Å²) in [6.45, 7) is 8.21. The van der Waals surface area contributed by atoms with Crippen LogP contribution in [0.4, 0.5) is 0 Å². The molecule has 4 aliphatic heterocycles. The summed E-state index contributed by atoms with van der Waals surface area (Å²) in [6, 6.07) is 0.0288. The molecule has 0 saturated carbocycles. The number of rotatable bonds is 11. The molecule has 0 radical (unpaired) electrons. The van der Waals surface area contributed by atoms with Crippen molar-refractivity contribution >= 4 is 41.3 Å². The molecular weight excluding hydrogens is 504 g/mol. The number of nitrogens with one attached hydrogen (secondary N) is 1. The minimum Gasteiger partial charge on any atom is -0.477 e. The van der Waals surface area contributed by atoms with Crippen LogP contribution in [-0.2, 0) is 14.4 Å². The lowest BCUT2D eigenvalue weighted by atomic mass is 9.79. The largest absolute Gasteiger partial charge is 0.477 e. The average Bonchev–Trinajstić information content (AvgIpc) is 3.38. The molecule has 0 spiro atoms. The molecule has 2 amide bonds. The van der Waals surface area contributed by atoms with Crippen LogP contribution in [0.5, 0.6) is 0 Å². The molecule has 3 fully saturated rings. The van der Waals surface area contributed by atoms with E-state index < -0.39 is 18.0 Å². The summed E-state index contributed by atoms with van der Waals surface area (Å²) in [6.07, 6.45) is 0.635. The van der Waals surface area contributed by atoms with Gasteiger partial charge in [-0.05, 0) is 13.3 Å². The number of carbonyl (C=O) groups is 3. The van der Waals surface area contributed by atoms with E-state index in [4.69, 9.17) is 5.11 Å². The van der Waals surface area contributed by atoms with Crippen LogP contribution in [0.3, 0.4) is 0 Å². The predicted molar refractivity (Wildman–Crippen MR) is 139 cm³/mol. The maximum absolute atomic E-state index is 12.5. The lowest BCUT2D eigenvalue weighted by Crippen LogP contribution is -2.63. The zero-order valence-electron chi connectivity index (χ0n) is 21.0. The van der Waals surface area contributed by atoms with Gasteiger partial charge in [-0.25, -0.2) is 4.79 Å². The Morgan fingerprint density at radius 1 is 1.22 bits per heavy atom. The highest BCUT2D eigenvalue weighted by atomic mass is 32.2. The minimum absolute atomic E-state index is 0.0907. The molecule has 202 valence electrons. The van der Waals surface area contributed by atoms with Crippen molar-refractivity contribution in [2.45, 2.75) is 50.1 Å². The fourth-order valence-electron chi connectivity index (χ4n) is 5.76. The lowest BCUT2D eigenvalue weighted by molar-refractivity contribution is -0.163. The van der Waals surface area contributed by atoms with Crippen molar-refractivity contribution in [3.05, 3.63) is 10.6 Å². The highest BCUT2D eigenvalue weighted by Gasteiger charge is 2.60. The highest BCUT2D eigenvalue weighted by Crippen LogP contribution is 2.51. The Hall–Kier alpha value is -1.31. The molecule has 0 aromatic heterocycles. The number of hydrogen-bond donors (Lipinski definition) is 4. The summed E-state index contributed by atoms with van der Waals surface area (Å²) in [7, 11) is 0. The number of carbonyl (C=O) groups excluding carboxylic acids is 2. The van der Waals surface area contributed by atoms with Gasteiger partial charge in [0.05, 0.1) is 24.7 Å². The van der Waals surface area contributed by atoms with E-state index in [1.165, 1.54) is 4.90 Å². The first kappa shape index (κ1) is 27.7. The Bertz CT molecular complexity index is 879. The molecule has 4 rings (SSSR count). The second-order valence-electron chi connectivity index (χ2n) is 10.1. The number of amides is 2. The maximum Gasteiger partial charge on any atom is 0.353 e. The van der Waals surface area contributed by atoms with Gasteiger partial charge in [0.15, 0.2) is 0 Å². The SMILES string of the molecule is C[C@@H](O)[C@H]1C(=O)N2C(C(=O)O)=C(S[C@@H]3CN[C@H](CSCCC(=O)N4CCN(CCO)CC4)C3)[C@H](C)[C@H]12. The third-order valence-corrected chi connectivity index (χ3v) is 10.3. The first-order valence-electron chi connectivity index (χ1n) is 12.8. The number of fused-ring (bicyclic) bond motifs is 1. The quantitative estimate of drug-likeness (QED) is 0.207. The van der Waals surface area contributed by atoms with Gasteiger partial charge >= 0.3 is 5.97 Å². The van der Waals surface area contributed by atoms with Crippen molar-refractivity contribution in [2.24, 2.45) is 11.8 Å². The molecule has 12 heteroatoms. The molecule has 0 aromatic carbocycles. The van der Waals surface area contributed by atoms with Gasteiger partial charge in [-0.2, -0.15) is 11.8 Å². The number of β-lactam (4-membered cyclic amide) rings is 1. The predicted octanol–water partition coefficient (Wildman–Crippen LogP) is -0.136. The number of aliphatic carboxylic acids is 1. The fourth-order valence-corrected chi connectivity index (χ4v) is 8.31. The Kier molecular flexibility index (Phi) is 9.27. The summed E-state index contributed by atoms with van der Waals surface area (Å²) in [4.78, 5) is 43.2. The summed E-state index contributed by atoms with van der Waals surface area (Å²) < 4.78 is 0. The van der Waals surface area contributed by atoms with Gasteiger partial charge in [-0.15, -0.1) is 11.8 Å². The van der Waals surface area contributed by atoms with Gasteiger partial charge in [0.25, 0.3) is 0 Å². The van der Waals surface area contributed by atoms with Crippen LogP contribution in [0.2, 0.25) is 0 Å². The maximum atomic E-state index is 12.5. The third kappa shape index (κ3) is 5.73. The Balaban J connectivity index is 1.20. The number of thioether (sulfide) groups is 2. The first-order chi connectivity index (χ1) is 17.2. The second-order valence-corrected chi connectivity index (χ2v) is 12.6. The van der Waals surface area contributed by atoms with Crippen LogP contribution in [-0.4, -0.2) is 129 Å². The number of piperazine rings is 1. The van der Waals surface area contributed by atoms with Gasteiger partial charge < -0.3 is 30.4 Å². The summed E-state index contributed by atoms with van der Waals surface area (Å²) in [5.41, 5.74) is 0.0907. The summed E-state index contributed by atoms with van der Waals surface area (Å²) in [5.74, 6) is -0.161. The fraction of sp³-hybridized carbons (Fsp3) is 0.792. The van der Waals surface area contributed by atoms with Crippen LogP contribution in [0.25, 0.3) is 0 Å². The lowest BCUT2D eigenvalue weighted by Gasteiger charge is -2.46. The van der Waals surface area contributed by atoms with Crippen molar-refractivity contribution in [2.75, 3.05) is 57.4 Å². The van der Waals surface area contributed by atoms with E-state index in [9.17, 15) is 24.6 Å². The van der Waals surface area contributed by atoms with Gasteiger partial charge in [0.2, 0.25) is 11.8 Å². The minimum atomic E-state index is -1.08. The smallest absolute Gasteiger partial charge is 0.353 e. The summed E-state index contributed by atoms with van der Waals surface area (Å²) >= 11 is 3.33. The molecule has 36 heavy (non-hydrogen) atoms. The van der Waals surface area contributed by atoms with E-state index in [2.05, 4.69) is 10.2 Å². The molecule has 0 aromatic rings. The van der Waals surface area contributed by atoms with Crippen molar-refractivity contribution in [1.29, 1.82) is 0 Å². The summed E-state index contributed by atoms with van der Waals surface area (Å²) in [5, 5.41) is 32.6. The molecular formula is C24H38N4O6S2. The van der Waals surface area contributed by atoms with Crippen molar-refractivity contribution in [3.8, 4) is 0 Å². The first-order valence-corrected chi connectivity index (χ1v) is 14.8. The van der Waals surface area contributed by atoms with E-state index in [-0.39, 0.29) is 41.3 Å². The standard InChI is InChI=1S/C24H38N4O6S2/c1-14-20-19(15(2)30)23(32)28(20)21(24(33)34)22(14)36-17-11-16(25-12-17)13-35-10-3-18(31)27-6-4-26(5-7-27)8-9-29/h14-17,19-20,25,29-30H,3-13H2,1-2H3,(H,33,34)/t14-,15-,16+,17+,19-,20-/m1/s1. The number of nitrogens with zero attached hydrogens (tertiary/aromatic N) is 3. The Morgan fingerprint density at radius 2 is 1.94 bits per heavy atom. The van der Waals surface area contributed by atoms with E-state index in [0.717, 1.165) is 55.6 Å². The van der Waals surface area contributed by atoms with E-state index in [0.29, 0.717) is 19.0 Å². The Morgan fingerprint density at radius 3 is 2.58 bits per heavy atom. The van der Waals surface area contributed by atoms with Crippen molar-refractivity contribution < 1.29 is 29.7 Å². The number of hydrogen-bond acceptors (Lipinski definition) is 9. The topological polar surface area (TPSA) is 134 Å². The van der Waals surface area contributed by atoms with Crippen molar-refractivity contribution in [3.63, 3.8) is 0 Å². The van der Waals surface area contributed by atoms with Gasteiger partial charge in [0, 0.05) is 79.3 Å². The van der Waals surface area contributed by atoms with Crippen LogP contribution < -0.4 is 5.32 Å². The highest BCUT2D eigenvalue weighted by molar-refractivity contribution is 8.03. The van der Waals surface area contributed by atoms with Crippen LogP contribution in [0.15, 0.2) is 10.6 Å². The molecule has 0 aliphatic carbocycles. The van der Waals surface area contributed by atoms with Crippen LogP contribution >= 0.6 is 23.5 Å². The number of carboxylic acid groups (broad SMARTS) is 1. The van der Waals surface area contributed by atoms with Crippen LogP contribution in [0.1, 0.15) is 26.7 Å². The number of aliphatic hydroxyl groups is 2. The monoisotopic (exact) mass is 542 g/mol. The molecule has 4 heterocycles. The normalized spacial score (nSPS) is 31.6. The zero-order chi connectivity index (χ0) is 26.0. The number of aliphatic hydroxyl groups excluding tert-OH is 2. The molecule has 4 aliphatic rings. The van der Waals surface area contributed by atoms with Gasteiger partial charge in [-0.1, -0.05) is 6.92 Å². The third-order valence-electron chi connectivity index (χ3n) is 7.71. The molecule has 4 N–H and O–H groups in total. The number of β-amino-alcohol motifs (C(OH)–C–C–N with tert-alkyl or cyclic N) is 1. The molecule has 6 atom stereocenters. The van der Waals surface area contributed by atoms with Gasteiger partial charge in [0.1, 0.15) is 5.70 Å². The van der Waals surface area contributed by atoms with E-state index in [1.54, 1.807) is 30.4 Å². The molecule has 10 nitrogen and oxygen atoms in total. The van der Waals surface area contributed by atoms with Crippen LogP contribution in [0, 0.1) is 11.8 Å². The molecule has 3 saturated heterocycles. The molecule has 0 unspecified atom stereocenters. The number of carboxylic acids is 1. The van der Waals surface area contributed by atoms with Crippen molar-refractivity contribution in [1.82, 2.24) is 20.0 Å². The van der Waals surface area contributed by atoms with E-state index in [1.807, 2.05) is 11.8 Å².